The molecule has 2 N–H and O–H groups in total. The number of furan rings is 1. The van der Waals surface area contributed by atoms with Gasteiger partial charge in [-0.05, 0) is 47.9 Å². The van der Waals surface area contributed by atoms with Crippen LogP contribution in [0.15, 0.2) is 77.2 Å². The highest BCUT2D eigenvalue weighted by atomic mass is 16.5. The minimum Gasteiger partial charge on any atom is -0.495 e. The summed E-state index contributed by atoms with van der Waals surface area (Å²) in [6.45, 7) is 4.01. The number of ether oxygens (including phenoxy) is 2. The summed E-state index contributed by atoms with van der Waals surface area (Å²) in [5.41, 5.74) is 2.44. The topological polar surface area (TPSA) is 89.8 Å². The van der Waals surface area contributed by atoms with E-state index in [0.717, 1.165) is 0 Å². The van der Waals surface area contributed by atoms with Crippen LogP contribution in [0.4, 0.5) is 11.4 Å². The summed E-state index contributed by atoms with van der Waals surface area (Å²) >= 11 is 0. The lowest BCUT2D eigenvalue weighted by Crippen LogP contribution is -2.22. The van der Waals surface area contributed by atoms with E-state index in [2.05, 4.69) is 24.5 Å². The molecule has 34 heavy (non-hydrogen) atoms. The first-order valence-corrected chi connectivity index (χ1v) is 10.9. The van der Waals surface area contributed by atoms with Gasteiger partial charge in [-0.25, -0.2) is 0 Å². The zero-order valence-electron chi connectivity index (χ0n) is 19.3. The normalized spacial score (nSPS) is 10.8. The number of fused-ring (bicyclic) bond motifs is 1. The summed E-state index contributed by atoms with van der Waals surface area (Å²) < 4.78 is 16.7. The van der Waals surface area contributed by atoms with E-state index in [9.17, 15) is 9.59 Å². The van der Waals surface area contributed by atoms with Gasteiger partial charge in [0, 0.05) is 5.39 Å². The highest BCUT2D eigenvalue weighted by Crippen LogP contribution is 2.32. The number of hydrogen-bond acceptors (Lipinski definition) is 5. The highest BCUT2D eigenvalue weighted by Gasteiger charge is 2.23. The van der Waals surface area contributed by atoms with Crippen LogP contribution >= 0.6 is 0 Å². The number of carbonyl (C=O) groups is 2. The molecule has 0 aliphatic heterocycles. The van der Waals surface area contributed by atoms with Crippen LogP contribution in [0.2, 0.25) is 0 Å². The van der Waals surface area contributed by atoms with Crippen molar-refractivity contribution in [3.63, 3.8) is 0 Å². The molecule has 0 atom stereocenters. The molecule has 0 radical (unpaired) electrons. The average Bonchev–Trinajstić information content (AvgIpc) is 3.21. The molecule has 0 unspecified atom stereocenters. The van der Waals surface area contributed by atoms with Gasteiger partial charge in [-0.2, -0.15) is 0 Å². The van der Waals surface area contributed by atoms with Crippen molar-refractivity contribution in [1.29, 1.82) is 0 Å². The average molecular weight is 459 g/mol. The summed E-state index contributed by atoms with van der Waals surface area (Å²) in [5, 5.41) is 6.18. The van der Waals surface area contributed by atoms with Crippen molar-refractivity contribution in [2.24, 2.45) is 0 Å². The molecule has 0 bridgehead atoms. The maximum Gasteiger partial charge on any atom is 0.293 e. The van der Waals surface area contributed by atoms with Crippen molar-refractivity contribution >= 4 is 34.2 Å². The molecule has 3 aromatic carbocycles. The molecular formula is C27H26N2O5. The number of nitrogens with one attached hydrogen (secondary N) is 2. The zero-order chi connectivity index (χ0) is 24.1. The van der Waals surface area contributed by atoms with Crippen LogP contribution < -0.4 is 20.1 Å². The Morgan fingerprint density at radius 3 is 2.35 bits per heavy atom. The third-order valence-corrected chi connectivity index (χ3v) is 5.34. The number of hydrogen-bond donors (Lipinski definition) is 2. The van der Waals surface area contributed by atoms with Gasteiger partial charge in [0.1, 0.15) is 22.8 Å². The van der Waals surface area contributed by atoms with E-state index >= 15 is 0 Å². The van der Waals surface area contributed by atoms with Crippen LogP contribution in [0.25, 0.3) is 11.0 Å². The largest absolute Gasteiger partial charge is 0.495 e. The second-order valence-corrected chi connectivity index (χ2v) is 8.02. The van der Waals surface area contributed by atoms with Gasteiger partial charge in [-0.15, -0.1) is 0 Å². The van der Waals surface area contributed by atoms with E-state index in [0.29, 0.717) is 34.1 Å². The van der Waals surface area contributed by atoms with E-state index in [1.807, 2.05) is 30.3 Å². The Labute approximate surface area is 197 Å². The van der Waals surface area contributed by atoms with Gasteiger partial charge in [0.05, 0.1) is 12.8 Å². The second kappa shape index (κ2) is 10.1. The predicted octanol–water partition coefficient (Wildman–Crippen LogP) is 5.83. The summed E-state index contributed by atoms with van der Waals surface area (Å²) in [6.07, 6.45) is 0. The molecule has 4 aromatic rings. The number of methoxy groups -OCH3 is 1. The van der Waals surface area contributed by atoms with Crippen LogP contribution in [-0.2, 0) is 4.79 Å². The standard InChI is InChI=1S/C27H26N2O5/c1-17(2)18-12-14-19(15-13-18)33-16-24(30)29-25-20-8-4-6-10-22(20)34-26(25)27(31)28-21-9-5-7-11-23(21)32-3/h4-15,17H,16H2,1-3H3,(H,28,31)(H,29,30). The number of benzene rings is 3. The summed E-state index contributed by atoms with van der Waals surface area (Å²) in [7, 11) is 1.52. The Balaban J connectivity index is 1.52. The van der Waals surface area contributed by atoms with E-state index < -0.39 is 11.8 Å². The molecule has 174 valence electrons. The van der Waals surface area contributed by atoms with Gasteiger partial charge >= 0.3 is 0 Å². The van der Waals surface area contributed by atoms with E-state index in [1.54, 1.807) is 42.5 Å². The molecule has 0 aliphatic carbocycles. The molecule has 0 saturated carbocycles. The third-order valence-electron chi connectivity index (χ3n) is 5.34. The minimum absolute atomic E-state index is 0.0123. The fourth-order valence-electron chi connectivity index (χ4n) is 3.53. The van der Waals surface area contributed by atoms with E-state index in [4.69, 9.17) is 13.9 Å². The first-order chi connectivity index (χ1) is 16.5. The van der Waals surface area contributed by atoms with Crippen molar-refractivity contribution < 1.29 is 23.5 Å². The minimum atomic E-state index is -0.513. The van der Waals surface area contributed by atoms with Crippen molar-refractivity contribution in [2.45, 2.75) is 19.8 Å². The second-order valence-electron chi connectivity index (χ2n) is 8.02. The summed E-state index contributed by atoms with van der Waals surface area (Å²) in [6, 6.07) is 21.8. The monoisotopic (exact) mass is 458 g/mol. The van der Waals surface area contributed by atoms with Gasteiger partial charge in [0.15, 0.2) is 6.61 Å². The number of rotatable bonds is 8. The van der Waals surface area contributed by atoms with Crippen molar-refractivity contribution in [3.05, 3.63) is 84.1 Å². The van der Waals surface area contributed by atoms with Crippen LogP contribution in [0, 0.1) is 0 Å². The lowest BCUT2D eigenvalue weighted by Gasteiger charge is -2.11. The lowest BCUT2D eigenvalue weighted by molar-refractivity contribution is -0.118. The SMILES string of the molecule is COc1ccccc1NC(=O)c1oc2ccccc2c1NC(=O)COc1ccc(C(C)C)cc1. The molecule has 0 spiro atoms. The number of carbonyl (C=O) groups excluding carboxylic acids is 2. The molecule has 0 aliphatic rings. The van der Waals surface area contributed by atoms with Crippen molar-refractivity contribution in [3.8, 4) is 11.5 Å². The van der Waals surface area contributed by atoms with Crippen LogP contribution in [0.1, 0.15) is 35.9 Å². The Morgan fingerprint density at radius 2 is 1.62 bits per heavy atom. The smallest absolute Gasteiger partial charge is 0.293 e. The van der Waals surface area contributed by atoms with Crippen LogP contribution in [0.3, 0.4) is 0 Å². The molecule has 4 rings (SSSR count). The predicted molar refractivity (Wildman–Crippen MR) is 132 cm³/mol. The number of amides is 2. The molecule has 7 nitrogen and oxygen atoms in total. The van der Waals surface area contributed by atoms with E-state index in [1.165, 1.54) is 12.7 Å². The first-order valence-electron chi connectivity index (χ1n) is 10.9. The van der Waals surface area contributed by atoms with Crippen molar-refractivity contribution in [2.75, 3.05) is 24.4 Å². The van der Waals surface area contributed by atoms with Gasteiger partial charge in [-0.3, -0.25) is 9.59 Å². The first kappa shape index (κ1) is 22.9. The van der Waals surface area contributed by atoms with Crippen LogP contribution in [-0.4, -0.2) is 25.5 Å². The van der Waals surface area contributed by atoms with Crippen molar-refractivity contribution in [1.82, 2.24) is 0 Å². The molecule has 0 fully saturated rings. The van der Waals surface area contributed by atoms with Gasteiger partial charge < -0.3 is 24.5 Å². The third kappa shape index (κ3) is 5.04. The molecule has 1 heterocycles. The molecule has 1 aromatic heterocycles. The molecule has 7 heteroatoms. The molecular weight excluding hydrogens is 432 g/mol. The maximum absolute atomic E-state index is 13.1. The zero-order valence-corrected chi connectivity index (χ0v) is 19.3. The fourth-order valence-corrected chi connectivity index (χ4v) is 3.53. The molecule has 0 saturated heterocycles. The Kier molecular flexibility index (Phi) is 6.82. The highest BCUT2D eigenvalue weighted by molar-refractivity contribution is 6.15. The summed E-state index contributed by atoms with van der Waals surface area (Å²) in [4.78, 5) is 25.8. The van der Waals surface area contributed by atoms with Gasteiger partial charge in [0.2, 0.25) is 5.76 Å². The van der Waals surface area contributed by atoms with Gasteiger partial charge in [0.25, 0.3) is 11.8 Å². The van der Waals surface area contributed by atoms with E-state index in [-0.39, 0.29) is 18.1 Å². The Bertz CT molecular complexity index is 1310. The Morgan fingerprint density at radius 1 is 0.912 bits per heavy atom. The lowest BCUT2D eigenvalue weighted by atomic mass is 10.0. The summed E-state index contributed by atoms with van der Waals surface area (Å²) in [5.74, 6) is 0.570. The maximum atomic E-state index is 13.1. The quantitative estimate of drug-likeness (QED) is 0.346. The number of anilines is 2. The van der Waals surface area contributed by atoms with Crippen LogP contribution in [0.5, 0.6) is 11.5 Å². The number of para-hydroxylation sites is 3. The van der Waals surface area contributed by atoms with Gasteiger partial charge in [-0.1, -0.05) is 50.2 Å². The molecule has 2 amide bonds. The fraction of sp³-hybridized carbons (Fsp3) is 0.185. The Hall–Kier alpha value is -4.26.